The SMILES string of the molecule is NC(=O)CN(CC(=O)N1C2CCC1CC(Oc1ccc(F)cc1)C2)c1ncc(Cl)cc1C(N)=O. The van der Waals surface area contributed by atoms with Crippen molar-refractivity contribution in [2.45, 2.75) is 43.9 Å². The van der Waals surface area contributed by atoms with Crippen molar-refractivity contribution in [2.24, 2.45) is 11.5 Å². The lowest BCUT2D eigenvalue weighted by atomic mass is 9.99. The Labute approximate surface area is 200 Å². The fourth-order valence-corrected chi connectivity index (χ4v) is 5.00. The van der Waals surface area contributed by atoms with E-state index in [2.05, 4.69) is 4.98 Å². The van der Waals surface area contributed by atoms with Gasteiger partial charge in [0.2, 0.25) is 11.8 Å². The zero-order valence-corrected chi connectivity index (χ0v) is 19.1. The first-order valence-corrected chi connectivity index (χ1v) is 11.3. The molecule has 0 aliphatic carbocycles. The standard InChI is InChI=1S/C23H25ClFN5O4/c24-13-7-19(22(27)33)23(28-10-13)29(11-20(26)31)12-21(32)30-15-3-4-16(30)9-18(8-15)34-17-5-1-14(25)2-6-17/h1-2,5-7,10,15-16,18H,3-4,8-9,11-12H2,(H2,26,31)(H2,27,33). The largest absolute Gasteiger partial charge is 0.490 e. The summed E-state index contributed by atoms with van der Waals surface area (Å²) < 4.78 is 19.2. The van der Waals surface area contributed by atoms with Crippen LogP contribution in [0.4, 0.5) is 10.2 Å². The van der Waals surface area contributed by atoms with Gasteiger partial charge < -0.3 is 26.0 Å². The Balaban J connectivity index is 1.48. The van der Waals surface area contributed by atoms with E-state index in [1.807, 2.05) is 4.90 Å². The van der Waals surface area contributed by atoms with Crippen LogP contribution in [0.25, 0.3) is 0 Å². The van der Waals surface area contributed by atoms with Gasteiger partial charge in [0.1, 0.15) is 23.5 Å². The first-order chi connectivity index (χ1) is 16.2. The van der Waals surface area contributed by atoms with Crippen molar-refractivity contribution < 1.29 is 23.5 Å². The van der Waals surface area contributed by atoms with Gasteiger partial charge in [0.25, 0.3) is 5.91 Å². The van der Waals surface area contributed by atoms with Gasteiger partial charge in [-0.1, -0.05) is 11.6 Å². The molecule has 2 unspecified atom stereocenters. The number of hydrogen-bond acceptors (Lipinski definition) is 6. The highest BCUT2D eigenvalue weighted by Crippen LogP contribution is 2.37. The summed E-state index contributed by atoms with van der Waals surface area (Å²) in [5.41, 5.74) is 10.8. The van der Waals surface area contributed by atoms with Gasteiger partial charge in [0, 0.05) is 31.1 Å². The summed E-state index contributed by atoms with van der Waals surface area (Å²) >= 11 is 5.94. The molecule has 0 radical (unpaired) electrons. The highest BCUT2D eigenvalue weighted by atomic mass is 35.5. The molecule has 1 aromatic heterocycles. The van der Waals surface area contributed by atoms with E-state index < -0.39 is 11.8 Å². The molecule has 2 aliphatic rings. The van der Waals surface area contributed by atoms with Crippen molar-refractivity contribution >= 4 is 35.1 Å². The third kappa shape index (κ3) is 5.22. The average molecular weight is 490 g/mol. The van der Waals surface area contributed by atoms with Crippen LogP contribution in [-0.4, -0.2) is 58.9 Å². The summed E-state index contributed by atoms with van der Waals surface area (Å²) in [5, 5.41) is 0.198. The lowest BCUT2D eigenvalue weighted by Gasteiger charge is -2.40. The number of carbonyl (C=O) groups excluding carboxylic acids is 3. The molecule has 34 heavy (non-hydrogen) atoms. The Kier molecular flexibility index (Phi) is 6.87. The molecule has 3 heterocycles. The highest BCUT2D eigenvalue weighted by Gasteiger charge is 2.44. The summed E-state index contributed by atoms with van der Waals surface area (Å²) in [4.78, 5) is 44.3. The minimum absolute atomic E-state index is 0.00377. The Morgan fingerprint density at radius 3 is 2.35 bits per heavy atom. The second-order valence-corrected chi connectivity index (χ2v) is 9.00. The number of halogens is 2. The van der Waals surface area contributed by atoms with Crippen LogP contribution in [0.2, 0.25) is 5.02 Å². The van der Waals surface area contributed by atoms with E-state index in [0.29, 0.717) is 18.6 Å². The molecule has 1 aromatic carbocycles. The number of anilines is 1. The molecular formula is C23H25ClFN5O4. The molecular weight excluding hydrogens is 465 g/mol. The smallest absolute Gasteiger partial charge is 0.252 e. The third-order valence-corrected chi connectivity index (χ3v) is 6.37. The molecule has 2 fully saturated rings. The summed E-state index contributed by atoms with van der Waals surface area (Å²) in [6, 6.07) is 7.16. The molecule has 2 aromatic rings. The number of benzene rings is 1. The minimum atomic E-state index is -0.786. The van der Waals surface area contributed by atoms with Crippen LogP contribution in [0.3, 0.4) is 0 Å². The van der Waals surface area contributed by atoms with E-state index in [1.165, 1.54) is 29.3 Å². The predicted molar refractivity (Wildman–Crippen MR) is 123 cm³/mol. The second kappa shape index (κ2) is 9.84. The maximum atomic E-state index is 13.4. The van der Waals surface area contributed by atoms with Gasteiger partial charge in [-0.2, -0.15) is 0 Å². The van der Waals surface area contributed by atoms with Crippen molar-refractivity contribution in [1.82, 2.24) is 9.88 Å². The Hall–Kier alpha value is -3.40. The number of primary amides is 2. The number of nitrogens with zero attached hydrogens (tertiary/aromatic N) is 3. The number of aromatic nitrogens is 1. The van der Waals surface area contributed by atoms with Crippen molar-refractivity contribution in [3.05, 3.63) is 52.9 Å². The van der Waals surface area contributed by atoms with Crippen LogP contribution in [0, 0.1) is 5.82 Å². The quantitative estimate of drug-likeness (QED) is 0.581. The van der Waals surface area contributed by atoms with E-state index in [1.54, 1.807) is 12.1 Å². The molecule has 0 spiro atoms. The van der Waals surface area contributed by atoms with Crippen LogP contribution in [0.15, 0.2) is 36.5 Å². The zero-order chi connectivity index (χ0) is 24.4. The number of ether oxygens (including phenoxy) is 1. The number of piperidine rings is 1. The normalized spacial score (nSPS) is 21.2. The van der Waals surface area contributed by atoms with E-state index >= 15 is 0 Å². The molecule has 2 atom stereocenters. The number of carbonyl (C=O) groups is 3. The molecule has 2 bridgehead atoms. The van der Waals surface area contributed by atoms with Gasteiger partial charge in [-0.05, 0) is 43.2 Å². The van der Waals surface area contributed by atoms with Gasteiger partial charge in [0.05, 0.1) is 23.7 Å². The molecule has 4 rings (SSSR count). The highest BCUT2D eigenvalue weighted by molar-refractivity contribution is 6.31. The Morgan fingerprint density at radius 2 is 1.76 bits per heavy atom. The minimum Gasteiger partial charge on any atom is -0.490 e. The van der Waals surface area contributed by atoms with Crippen LogP contribution in [0.5, 0.6) is 5.75 Å². The summed E-state index contributed by atoms with van der Waals surface area (Å²) in [7, 11) is 0. The zero-order valence-electron chi connectivity index (χ0n) is 18.3. The summed E-state index contributed by atoms with van der Waals surface area (Å²) in [6.45, 7) is -0.519. The summed E-state index contributed by atoms with van der Waals surface area (Å²) in [6.07, 6.45) is 4.17. The molecule has 9 nitrogen and oxygen atoms in total. The molecule has 0 saturated carbocycles. The average Bonchev–Trinajstić information content (AvgIpc) is 3.05. The first kappa shape index (κ1) is 23.7. The van der Waals surface area contributed by atoms with Gasteiger partial charge in [-0.15, -0.1) is 0 Å². The fourth-order valence-electron chi connectivity index (χ4n) is 4.84. The number of amides is 3. The lowest BCUT2D eigenvalue weighted by Crippen LogP contribution is -2.53. The van der Waals surface area contributed by atoms with E-state index in [0.717, 1.165) is 12.8 Å². The first-order valence-electron chi connectivity index (χ1n) is 10.9. The topological polar surface area (TPSA) is 132 Å². The molecule has 3 amide bonds. The van der Waals surface area contributed by atoms with Crippen molar-refractivity contribution in [3.8, 4) is 5.75 Å². The number of rotatable bonds is 8. The van der Waals surface area contributed by atoms with E-state index in [-0.39, 0.29) is 59.4 Å². The molecule has 2 saturated heterocycles. The fraction of sp³-hybridized carbons (Fsp3) is 0.391. The van der Waals surface area contributed by atoms with Crippen LogP contribution >= 0.6 is 11.6 Å². The van der Waals surface area contributed by atoms with Crippen molar-refractivity contribution in [3.63, 3.8) is 0 Å². The predicted octanol–water partition coefficient (Wildman–Crippen LogP) is 1.87. The van der Waals surface area contributed by atoms with Gasteiger partial charge in [-0.25, -0.2) is 9.37 Å². The molecule has 180 valence electrons. The van der Waals surface area contributed by atoms with Crippen LogP contribution < -0.4 is 21.1 Å². The maximum Gasteiger partial charge on any atom is 0.252 e. The van der Waals surface area contributed by atoms with Gasteiger partial charge >= 0.3 is 0 Å². The van der Waals surface area contributed by atoms with Gasteiger partial charge in [-0.3, -0.25) is 14.4 Å². The van der Waals surface area contributed by atoms with Gasteiger partial charge in [0.15, 0.2) is 0 Å². The van der Waals surface area contributed by atoms with Crippen molar-refractivity contribution in [2.75, 3.05) is 18.0 Å². The summed E-state index contributed by atoms with van der Waals surface area (Å²) in [5.74, 6) is -1.35. The molecule has 2 aliphatic heterocycles. The third-order valence-electron chi connectivity index (χ3n) is 6.17. The van der Waals surface area contributed by atoms with E-state index in [9.17, 15) is 18.8 Å². The number of pyridine rings is 1. The van der Waals surface area contributed by atoms with Crippen molar-refractivity contribution in [1.29, 1.82) is 0 Å². The lowest BCUT2D eigenvalue weighted by molar-refractivity contribution is -0.135. The van der Waals surface area contributed by atoms with Crippen LogP contribution in [-0.2, 0) is 9.59 Å². The monoisotopic (exact) mass is 489 g/mol. The van der Waals surface area contributed by atoms with E-state index in [4.69, 9.17) is 27.8 Å². The number of hydrogen-bond donors (Lipinski definition) is 2. The number of nitrogens with two attached hydrogens (primary N) is 2. The Morgan fingerprint density at radius 1 is 1.12 bits per heavy atom. The molecule has 4 N–H and O–H groups in total. The van der Waals surface area contributed by atoms with Crippen LogP contribution in [0.1, 0.15) is 36.0 Å². The maximum absolute atomic E-state index is 13.4. The Bertz CT molecular complexity index is 1090. The molecule has 11 heteroatoms. The number of fused-ring (bicyclic) bond motifs is 2. The second-order valence-electron chi connectivity index (χ2n) is 8.56.